The Hall–Kier alpha value is -0.360. The summed E-state index contributed by atoms with van der Waals surface area (Å²) in [5.74, 6) is 27.4. The summed E-state index contributed by atoms with van der Waals surface area (Å²) in [6.45, 7) is 46.2. The molecule has 0 aromatic heterocycles. The van der Waals surface area contributed by atoms with Crippen LogP contribution in [-0.4, -0.2) is 101 Å². The molecule has 9 N–H and O–H groups in total. The molecule has 0 aliphatic heterocycles. The molecular weight excluding hydrogens is 1480 g/mol. The Labute approximate surface area is 736 Å². The van der Waals surface area contributed by atoms with Crippen LogP contribution in [0.5, 0.6) is 0 Å². The van der Waals surface area contributed by atoms with Gasteiger partial charge in [0, 0.05) is 0 Å². The lowest BCUT2D eigenvalue weighted by atomic mass is 9.52. The van der Waals surface area contributed by atoms with Gasteiger partial charge in [-0.05, 0) is 494 Å². The summed E-state index contributed by atoms with van der Waals surface area (Å²) in [7, 11) is 0. The normalized spacial score (nSPS) is 50.6. The predicted molar refractivity (Wildman–Crippen MR) is 490 cm³/mol. The topological polar surface area (TPSA) is 182 Å². The molecule has 21 atom stereocenters. The first-order valence-electron chi connectivity index (χ1n) is 53.6. The van der Waals surface area contributed by atoms with Crippen LogP contribution in [0.2, 0.25) is 0 Å². The minimum Gasteiger partial charge on any atom is -0.393 e. The highest BCUT2D eigenvalue weighted by atomic mass is 16.3. The first-order valence-corrected chi connectivity index (χ1v) is 53.6. The van der Waals surface area contributed by atoms with Crippen molar-refractivity contribution in [1.82, 2.24) is 0 Å². The third-order valence-corrected chi connectivity index (χ3v) is 44.2. The number of fused-ring (bicyclic) bond motifs is 39. The van der Waals surface area contributed by atoms with E-state index in [0.29, 0.717) is 120 Å². The van der Waals surface area contributed by atoms with Gasteiger partial charge in [0.2, 0.25) is 0 Å². The SMILES string of the molecule is CC(C)C(O)C12CCC(C)(CC1)CC2.CC(C)C(O)C12CCC(CC1)C2.CC(C)C(O)C1C2C3CC3C1C1CC12.CC(C)[C@@H](O)C12CCC(C)(CC1)CC2.CC(C)[C@@H](O)C12CCC(CC1)C2.CC(C)[C@@H](O)C1C2C3CC3C1C1CC12.CC(C)[C@H](O)C12CCC(C)(CC1)CC2.CC(C)[C@H](O)C12CCC(CC1)C2.CC(C)[C@H](O)C1C2C3CC3C1C1CC12. The van der Waals surface area contributed by atoms with Crippen molar-refractivity contribution in [3.05, 3.63) is 0 Å². The quantitative estimate of drug-likeness (QED) is 0.0645. The molecule has 0 heterocycles. The van der Waals surface area contributed by atoms with Gasteiger partial charge in [-0.25, -0.2) is 0 Å². The van der Waals surface area contributed by atoms with E-state index in [-0.39, 0.29) is 54.9 Å². The molecule has 0 spiro atoms. The molecule has 120 heavy (non-hydrogen) atoms. The fraction of sp³-hybridized carbons (Fsp3) is 1.00. The Bertz CT molecular complexity index is 2860. The molecule has 27 aliphatic carbocycles. The minimum absolute atomic E-state index is 0.00519. The summed E-state index contributed by atoms with van der Waals surface area (Å²) in [5.41, 5.74) is 3.80. The van der Waals surface area contributed by atoms with Crippen LogP contribution in [0, 0.1) is 244 Å². The van der Waals surface area contributed by atoms with Crippen LogP contribution in [0.1, 0.15) is 396 Å². The maximum Gasteiger partial charge on any atom is 0.0619 e. The van der Waals surface area contributed by atoms with Gasteiger partial charge in [0.25, 0.3) is 0 Å². The third-order valence-electron chi connectivity index (χ3n) is 44.2. The fourth-order valence-corrected chi connectivity index (χ4v) is 36.3. The minimum atomic E-state index is -0.0626. The van der Waals surface area contributed by atoms with Crippen molar-refractivity contribution in [2.24, 2.45) is 244 Å². The summed E-state index contributed by atoms with van der Waals surface area (Å²) >= 11 is 0. The number of hydrogen-bond donors (Lipinski definition) is 9. The van der Waals surface area contributed by atoms with Gasteiger partial charge >= 0.3 is 0 Å². The van der Waals surface area contributed by atoms with Gasteiger partial charge in [-0.2, -0.15) is 0 Å². The average Bonchev–Trinajstić information content (AvgIpc) is 1.50. The summed E-state index contributed by atoms with van der Waals surface area (Å²) in [4.78, 5) is 0. The van der Waals surface area contributed by atoms with E-state index >= 15 is 0 Å². The molecule has 0 amide bonds. The molecule has 9 nitrogen and oxygen atoms in total. The van der Waals surface area contributed by atoms with Crippen molar-refractivity contribution in [1.29, 1.82) is 0 Å². The van der Waals surface area contributed by atoms with Gasteiger partial charge < -0.3 is 46.0 Å². The van der Waals surface area contributed by atoms with Crippen molar-refractivity contribution in [2.75, 3.05) is 0 Å². The van der Waals surface area contributed by atoms with Gasteiger partial charge in [0.1, 0.15) is 0 Å². The van der Waals surface area contributed by atoms with E-state index in [2.05, 4.69) is 145 Å². The van der Waals surface area contributed by atoms with Crippen LogP contribution >= 0.6 is 0 Å². The highest BCUT2D eigenvalue weighted by molar-refractivity contribution is 5.26. The standard InChI is InChI=1S/3C13H20O.3C13H24O.3C11H20O/c3*1-5(2)13(14)12-10-6-3-7(6)11(12)9-4-8(9)10;3*1-10(2)11(14)13-7-4-12(3,5-8-13)6-9-13;3*1-8(2)10(12)11-5-3-9(7-11)4-6-11/h3*5-14H,3-4H2,1-2H3;3*10-11,14H,4-9H2,1-3H3;3*8-10,12H,3-7H2,1-2H3/t2*6?,7?,8?,9?,10?,11?,12?,13-;;2*11-,12?,13?;;2*9?,10-,11?;/m10.10.10./s1. The van der Waals surface area contributed by atoms with Gasteiger partial charge in [-0.3, -0.25) is 0 Å². The number of rotatable bonds is 18. The van der Waals surface area contributed by atoms with E-state index in [1.807, 2.05) is 0 Å². The molecule has 690 valence electrons. The third kappa shape index (κ3) is 17.1. The Kier molecular flexibility index (Phi) is 26.6. The van der Waals surface area contributed by atoms with Crippen LogP contribution in [0.15, 0.2) is 0 Å². The zero-order chi connectivity index (χ0) is 86.3. The Balaban J connectivity index is 0.000000101. The van der Waals surface area contributed by atoms with Crippen molar-refractivity contribution < 1.29 is 46.0 Å². The van der Waals surface area contributed by atoms with Crippen LogP contribution in [-0.2, 0) is 0 Å². The lowest BCUT2D eigenvalue weighted by Gasteiger charge is -2.55. The fourth-order valence-electron chi connectivity index (χ4n) is 36.3. The van der Waals surface area contributed by atoms with Gasteiger partial charge in [0.05, 0.1) is 54.9 Å². The summed E-state index contributed by atoms with van der Waals surface area (Å²) < 4.78 is 0. The van der Waals surface area contributed by atoms with Crippen molar-refractivity contribution in [3.63, 3.8) is 0 Å². The second-order valence-corrected chi connectivity index (χ2v) is 54.5. The van der Waals surface area contributed by atoms with E-state index in [1.165, 1.54) is 250 Å². The molecule has 0 radical (unpaired) electrons. The van der Waals surface area contributed by atoms with Gasteiger partial charge in [-0.15, -0.1) is 0 Å². The predicted octanol–water partition coefficient (Wildman–Crippen LogP) is 24.3. The molecule has 27 fully saturated rings. The molecule has 9 heteroatoms. The lowest BCUT2D eigenvalue weighted by Crippen LogP contribution is -2.48. The molecular formula is C111H192O9. The van der Waals surface area contributed by atoms with Crippen molar-refractivity contribution in [2.45, 2.75) is 451 Å². The highest BCUT2D eigenvalue weighted by Crippen LogP contribution is 2.83. The maximum absolute atomic E-state index is 10.3. The number of aliphatic hydroxyl groups is 9. The summed E-state index contributed by atoms with van der Waals surface area (Å²) in [6.07, 6.45) is 52.3. The van der Waals surface area contributed by atoms with Crippen LogP contribution < -0.4 is 0 Å². The monoisotopic (exact) mass is 1670 g/mol. The first-order chi connectivity index (χ1) is 56.4. The molecule has 0 aromatic carbocycles. The summed E-state index contributed by atoms with van der Waals surface area (Å²) in [5, 5.41) is 92.1. The number of hydrogen-bond acceptors (Lipinski definition) is 9. The van der Waals surface area contributed by atoms with Crippen molar-refractivity contribution in [3.8, 4) is 0 Å². The summed E-state index contributed by atoms with van der Waals surface area (Å²) in [6, 6.07) is 0. The van der Waals surface area contributed by atoms with Gasteiger partial charge in [-0.1, -0.05) is 145 Å². The molecule has 27 aliphatic rings. The molecule has 18 bridgehead atoms. The molecule has 0 aromatic rings. The smallest absolute Gasteiger partial charge is 0.0619 e. The molecule has 27 rings (SSSR count). The van der Waals surface area contributed by atoms with Crippen LogP contribution in [0.25, 0.3) is 0 Å². The molecule has 27 saturated carbocycles. The maximum atomic E-state index is 10.3. The van der Waals surface area contributed by atoms with Gasteiger partial charge in [0.15, 0.2) is 0 Å². The zero-order valence-electron chi connectivity index (χ0n) is 81.4. The van der Waals surface area contributed by atoms with E-state index in [0.717, 1.165) is 124 Å². The van der Waals surface area contributed by atoms with Crippen LogP contribution in [0.3, 0.4) is 0 Å². The van der Waals surface area contributed by atoms with Crippen molar-refractivity contribution >= 4 is 0 Å². The van der Waals surface area contributed by atoms with E-state index in [9.17, 15) is 46.0 Å². The second kappa shape index (κ2) is 34.3. The average molecular weight is 1670 g/mol. The number of aliphatic hydroxyl groups excluding tert-OH is 9. The largest absolute Gasteiger partial charge is 0.393 e. The molecule has 0 saturated heterocycles. The van der Waals surface area contributed by atoms with E-state index in [1.54, 1.807) is 0 Å². The second-order valence-electron chi connectivity index (χ2n) is 54.5. The van der Waals surface area contributed by atoms with E-state index in [4.69, 9.17) is 0 Å². The lowest BCUT2D eigenvalue weighted by molar-refractivity contribution is -0.0994. The zero-order valence-corrected chi connectivity index (χ0v) is 81.4. The van der Waals surface area contributed by atoms with E-state index < -0.39 is 0 Å². The molecule has 15 unspecified atom stereocenters. The first kappa shape index (κ1) is 92.9. The Morgan fingerprint density at radius 2 is 0.325 bits per heavy atom. The highest BCUT2D eigenvalue weighted by Gasteiger charge is 2.79. The Morgan fingerprint density at radius 3 is 0.442 bits per heavy atom. The Morgan fingerprint density at radius 1 is 0.183 bits per heavy atom. The van der Waals surface area contributed by atoms with Crippen LogP contribution in [0.4, 0.5) is 0 Å².